The average Bonchev–Trinajstić information content (AvgIpc) is 3.38. The van der Waals surface area contributed by atoms with Crippen LogP contribution in [-0.4, -0.2) is 4.57 Å². The van der Waals surface area contributed by atoms with E-state index in [2.05, 4.69) is 139 Å². The van der Waals surface area contributed by atoms with E-state index in [9.17, 15) is 0 Å². The zero-order valence-corrected chi connectivity index (χ0v) is 24.1. The van der Waals surface area contributed by atoms with E-state index in [1.807, 2.05) is 28.8 Å². The molecule has 0 fully saturated rings. The zero-order valence-electron chi connectivity index (χ0n) is 23.2. The van der Waals surface area contributed by atoms with Crippen molar-refractivity contribution in [2.75, 3.05) is 4.90 Å². The van der Waals surface area contributed by atoms with E-state index in [4.69, 9.17) is 5.41 Å². The topological polar surface area (TPSA) is 32.0 Å². The molecule has 4 heteroatoms. The molecule has 42 heavy (non-hydrogen) atoms. The van der Waals surface area contributed by atoms with Gasteiger partial charge >= 0.3 is 0 Å². The van der Waals surface area contributed by atoms with Crippen molar-refractivity contribution in [1.29, 1.82) is 5.41 Å². The van der Waals surface area contributed by atoms with Crippen LogP contribution in [0.25, 0.3) is 38.2 Å². The first-order valence-electron chi connectivity index (χ1n) is 14.0. The maximum absolute atomic E-state index is 8.69. The molecule has 202 valence electrons. The number of hydrogen-bond donors (Lipinski definition) is 1. The number of para-hydroxylation sites is 1. The van der Waals surface area contributed by atoms with Crippen molar-refractivity contribution in [3.05, 3.63) is 162 Å². The lowest BCUT2D eigenvalue weighted by Crippen LogP contribution is -2.14. The fraction of sp³-hybridized carbons (Fsp3) is 0.0263. The fourth-order valence-corrected chi connectivity index (χ4v) is 6.48. The number of thiazole rings is 1. The molecule has 1 N–H and O–H groups in total. The molecular formula is C38H29N3S. The van der Waals surface area contributed by atoms with Gasteiger partial charge in [0.1, 0.15) is 0 Å². The van der Waals surface area contributed by atoms with E-state index in [0.29, 0.717) is 4.80 Å². The highest BCUT2D eigenvalue weighted by atomic mass is 32.1. The third kappa shape index (κ3) is 4.83. The number of hydrogen-bond acceptors (Lipinski definition) is 3. The van der Waals surface area contributed by atoms with Gasteiger partial charge < -0.3 is 4.90 Å². The molecule has 0 radical (unpaired) electrons. The first kappa shape index (κ1) is 25.8. The molecule has 1 aromatic heterocycles. The first-order valence-corrected chi connectivity index (χ1v) is 14.8. The molecule has 0 aliphatic rings. The Kier molecular flexibility index (Phi) is 6.75. The fourth-order valence-electron chi connectivity index (χ4n) is 5.57. The highest BCUT2D eigenvalue weighted by molar-refractivity contribution is 7.16. The van der Waals surface area contributed by atoms with Crippen molar-refractivity contribution in [1.82, 2.24) is 4.57 Å². The smallest absolute Gasteiger partial charge is 0.187 e. The highest BCUT2D eigenvalue weighted by Crippen LogP contribution is 2.38. The second kappa shape index (κ2) is 11.0. The number of nitrogens with zero attached hydrogens (tertiary/aromatic N) is 2. The summed E-state index contributed by atoms with van der Waals surface area (Å²) >= 11 is 1.50. The van der Waals surface area contributed by atoms with Gasteiger partial charge in [0.15, 0.2) is 4.80 Å². The number of nitrogens with one attached hydrogen (secondary N) is 1. The molecule has 1 heterocycles. The number of aryl methyl sites for hydroxylation is 1. The predicted octanol–water partition coefficient (Wildman–Crippen LogP) is 10.3. The van der Waals surface area contributed by atoms with Gasteiger partial charge in [-0.15, -0.1) is 0 Å². The third-order valence-corrected chi connectivity index (χ3v) is 8.60. The lowest BCUT2D eigenvalue weighted by molar-refractivity contribution is 1.00. The van der Waals surface area contributed by atoms with Gasteiger partial charge in [-0.3, -0.25) is 9.98 Å². The summed E-state index contributed by atoms with van der Waals surface area (Å²) in [5.74, 6) is 0. The van der Waals surface area contributed by atoms with Crippen LogP contribution in [0, 0.1) is 12.3 Å². The van der Waals surface area contributed by atoms with Crippen molar-refractivity contribution in [3.63, 3.8) is 0 Å². The molecule has 0 saturated carbocycles. The van der Waals surface area contributed by atoms with Gasteiger partial charge in [-0.2, -0.15) is 0 Å². The number of aromatic nitrogens is 1. The van der Waals surface area contributed by atoms with Gasteiger partial charge in [-0.1, -0.05) is 108 Å². The van der Waals surface area contributed by atoms with Crippen LogP contribution >= 0.6 is 11.3 Å². The molecule has 0 saturated heterocycles. The standard InChI is InChI=1S/C38H29N3S/c1-27-26-34(24-25-35(27)41-36-14-8-9-15-37(36)42-38(41)39)40(32-20-16-30(17-21-32)28-10-4-2-5-11-28)33-22-18-31(19-23-33)29-12-6-3-7-13-29/h2-26,39H,1H3. The van der Waals surface area contributed by atoms with E-state index in [0.717, 1.165) is 38.5 Å². The lowest BCUT2D eigenvalue weighted by atomic mass is 10.0. The summed E-state index contributed by atoms with van der Waals surface area (Å²) in [6.07, 6.45) is 0. The molecule has 0 spiro atoms. The molecule has 0 aliphatic carbocycles. The van der Waals surface area contributed by atoms with E-state index in [1.165, 1.54) is 33.6 Å². The van der Waals surface area contributed by atoms with Crippen LogP contribution in [0.1, 0.15) is 5.56 Å². The Bertz CT molecular complexity index is 1960. The summed E-state index contributed by atoms with van der Waals surface area (Å²) in [7, 11) is 0. The molecule has 6 aromatic carbocycles. The maximum atomic E-state index is 8.69. The largest absolute Gasteiger partial charge is 0.310 e. The molecule has 0 unspecified atom stereocenters. The van der Waals surface area contributed by atoms with Gasteiger partial charge in [-0.05, 0) is 89.3 Å². The SMILES string of the molecule is Cc1cc(N(c2ccc(-c3ccccc3)cc2)c2ccc(-c3ccccc3)cc2)ccc1-n1c(=N)sc2ccccc21. The summed E-state index contributed by atoms with van der Waals surface area (Å²) in [5.41, 5.74) is 11.2. The molecular weight excluding hydrogens is 531 g/mol. The minimum atomic E-state index is 0.525. The van der Waals surface area contributed by atoms with Crippen molar-refractivity contribution in [2.24, 2.45) is 0 Å². The summed E-state index contributed by atoms with van der Waals surface area (Å²) in [6.45, 7) is 2.13. The van der Waals surface area contributed by atoms with Crippen molar-refractivity contribution in [2.45, 2.75) is 6.92 Å². The Morgan fingerprint density at radius 2 is 1.00 bits per heavy atom. The van der Waals surface area contributed by atoms with E-state index < -0.39 is 0 Å². The van der Waals surface area contributed by atoms with Gasteiger partial charge in [0.2, 0.25) is 0 Å². The van der Waals surface area contributed by atoms with Gasteiger partial charge in [0, 0.05) is 17.1 Å². The highest BCUT2D eigenvalue weighted by Gasteiger charge is 2.16. The third-order valence-electron chi connectivity index (χ3n) is 7.66. The Morgan fingerprint density at radius 1 is 0.524 bits per heavy atom. The molecule has 0 amide bonds. The summed E-state index contributed by atoms with van der Waals surface area (Å²) in [6, 6.07) is 53.3. The predicted molar refractivity (Wildman–Crippen MR) is 177 cm³/mol. The first-order chi connectivity index (χ1) is 20.7. The van der Waals surface area contributed by atoms with Crippen LogP contribution in [0.2, 0.25) is 0 Å². The van der Waals surface area contributed by atoms with Gasteiger partial charge in [0.25, 0.3) is 0 Å². The normalized spacial score (nSPS) is 11.1. The van der Waals surface area contributed by atoms with E-state index in [1.54, 1.807) is 0 Å². The Hall–Kier alpha value is -5.19. The number of fused-ring (bicyclic) bond motifs is 1. The second-order valence-corrected chi connectivity index (χ2v) is 11.4. The van der Waals surface area contributed by atoms with Gasteiger partial charge in [-0.25, -0.2) is 0 Å². The monoisotopic (exact) mass is 559 g/mol. The van der Waals surface area contributed by atoms with Crippen LogP contribution in [-0.2, 0) is 0 Å². The van der Waals surface area contributed by atoms with E-state index >= 15 is 0 Å². The molecule has 7 aromatic rings. The quantitative estimate of drug-likeness (QED) is 0.216. The minimum Gasteiger partial charge on any atom is -0.310 e. The van der Waals surface area contributed by atoms with Crippen LogP contribution in [0.5, 0.6) is 0 Å². The Labute approximate surface area is 249 Å². The molecule has 3 nitrogen and oxygen atoms in total. The second-order valence-electron chi connectivity index (χ2n) is 10.3. The van der Waals surface area contributed by atoms with Gasteiger partial charge in [0.05, 0.1) is 15.9 Å². The summed E-state index contributed by atoms with van der Waals surface area (Å²) in [4.78, 5) is 2.83. The number of benzene rings is 6. The van der Waals surface area contributed by atoms with Crippen LogP contribution in [0.3, 0.4) is 0 Å². The zero-order chi connectivity index (χ0) is 28.5. The number of anilines is 3. The van der Waals surface area contributed by atoms with Crippen molar-refractivity contribution in [3.8, 4) is 27.9 Å². The van der Waals surface area contributed by atoms with Crippen LogP contribution in [0.15, 0.2) is 152 Å². The summed E-state index contributed by atoms with van der Waals surface area (Å²) in [5, 5.41) is 8.69. The molecule has 0 aliphatic heterocycles. The van der Waals surface area contributed by atoms with Crippen molar-refractivity contribution < 1.29 is 0 Å². The average molecular weight is 560 g/mol. The Morgan fingerprint density at radius 3 is 1.55 bits per heavy atom. The lowest BCUT2D eigenvalue weighted by Gasteiger charge is -2.27. The van der Waals surface area contributed by atoms with Crippen LogP contribution < -0.4 is 9.70 Å². The van der Waals surface area contributed by atoms with Crippen molar-refractivity contribution >= 4 is 38.6 Å². The minimum absolute atomic E-state index is 0.525. The summed E-state index contributed by atoms with van der Waals surface area (Å²) < 4.78 is 3.16. The molecule has 7 rings (SSSR count). The van der Waals surface area contributed by atoms with E-state index in [-0.39, 0.29) is 0 Å². The number of rotatable bonds is 6. The van der Waals surface area contributed by atoms with Crippen LogP contribution in [0.4, 0.5) is 17.1 Å². The molecule has 0 atom stereocenters. The Balaban J connectivity index is 1.32. The maximum Gasteiger partial charge on any atom is 0.187 e. The molecule has 0 bridgehead atoms.